The van der Waals surface area contributed by atoms with Crippen LogP contribution in [0.5, 0.6) is 17.2 Å². The number of likely N-dealkylation sites (N-methyl/N-ethyl adjacent to an activating group) is 3. The summed E-state index contributed by atoms with van der Waals surface area (Å²) in [5, 5.41) is 10.5. The molecule has 103 heavy (non-hydrogen) atoms. The first kappa shape index (κ1) is 77.8. The number of likely N-dealkylation sites (tertiary alicyclic amines) is 3. The molecule has 28 heteroatoms. The number of alkyl halides is 8. The first-order valence-corrected chi connectivity index (χ1v) is 35.1. The van der Waals surface area contributed by atoms with E-state index in [1.807, 2.05) is 64.6 Å². The van der Waals surface area contributed by atoms with Gasteiger partial charge in [0.2, 0.25) is 0 Å². The lowest BCUT2D eigenvalue weighted by Crippen LogP contribution is -2.59. The van der Waals surface area contributed by atoms with Gasteiger partial charge in [-0.1, -0.05) is 38.4 Å². The number of ketones is 2. The molecule has 3 aromatic carbocycles. The van der Waals surface area contributed by atoms with Gasteiger partial charge in [0.1, 0.15) is 11.6 Å². The summed E-state index contributed by atoms with van der Waals surface area (Å²) in [5.74, 6) is -6.32. The number of hydrogen-bond donors (Lipinski definition) is 1. The molecule has 3 aromatic heterocycles. The van der Waals surface area contributed by atoms with Gasteiger partial charge in [0.25, 0.3) is 23.5 Å². The average molecular weight is 1470 g/mol. The number of nitrogens with zero attached hydrogens (tertiary/aromatic N) is 9. The number of benzene rings is 3. The van der Waals surface area contributed by atoms with Crippen LogP contribution in [0.1, 0.15) is 177 Å². The smallest absolute Gasteiger partial charge is 0.459 e. The van der Waals surface area contributed by atoms with Crippen LogP contribution in [0.2, 0.25) is 5.02 Å². The van der Waals surface area contributed by atoms with Gasteiger partial charge in [-0.2, -0.15) is 35.1 Å². The number of halogens is 10. The zero-order valence-electron chi connectivity index (χ0n) is 60.1. The molecule has 0 aliphatic carbocycles. The fourth-order valence-corrected chi connectivity index (χ4v) is 16.0. The zero-order valence-corrected chi connectivity index (χ0v) is 60.9. The lowest BCUT2D eigenvalue weighted by molar-refractivity contribution is -0.292. The molecular weight excluding hydrogens is 1380 g/mol. The number of fused-ring (bicyclic) bond motifs is 6. The van der Waals surface area contributed by atoms with Crippen LogP contribution >= 0.6 is 11.6 Å². The van der Waals surface area contributed by atoms with Crippen LogP contribution in [0, 0.1) is 11.7 Å². The van der Waals surface area contributed by atoms with Crippen molar-refractivity contribution >= 4 is 40.9 Å². The first-order chi connectivity index (χ1) is 48.3. The molecule has 0 unspecified atom stereocenters. The highest BCUT2D eigenvalue weighted by Gasteiger charge is 2.61. The second-order valence-corrected chi connectivity index (χ2v) is 29.1. The lowest BCUT2D eigenvalue weighted by Gasteiger charge is -2.53. The fourth-order valence-electron chi connectivity index (χ4n) is 15.7. The molecule has 12 rings (SSSR count). The second-order valence-electron chi connectivity index (χ2n) is 28.7. The molecule has 6 aliphatic heterocycles. The van der Waals surface area contributed by atoms with Gasteiger partial charge in [-0.05, 0) is 179 Å². The molecule has 18 nitrogen and oxygen atoms in total. The van der Waals surface area contributed by atoms with Crippen molar-refractivity contribution in [3.05, 3.63) is 158 Å². The van der Waals surface area contributed by atoms with E-state index in [4.69, 9.17) is 25.8 Å². The normalized spacial score (nSPS) is 19.4. The van der Waals surface area contributed by atoms with Gasteiger partial charge in [0.05, 0.1) is 64.6 Å². The Morgan fingerprint density at radius 3 is 1.49 bits per heavy atom. The van der Waals surface area contributed by atoms with Crippen LogP contribution in [0.25, 0.3) is 0 Å². The number of aromatic nitrogens is 3. The molecule has 3 fully saturated rings. The number of ether oxygens (including phenoxy) is 3. The van der Waals surface area contributed by atoms with Gasteiger partial charge in [0, 0.05) is 126 Å². The fraction of sp³-hybridized carbons (Fsp3) is 0.533. The summed E-state index contributed by atoms with van der Waals surface area (Å²) in [6.07, 6.45) is -6.46. The van der Waals surface area contributed by atoms with Crippen molar-refractivity contribution in [2.24, 2.45) is 5.92 Å². The van der Waals surface area contributed by atoms with E-state index >= 15 is 0 Å². The van der Waals surface area contributed by atoms with Crippen LogP contribution in [0.4, 0.5) is 39.5 Å². The highest BCUT2D eigenvalue weighted by atomic mass is 35.5. The second kappa shape index (κ2) is 29.6. The van der Waals surface area contributed by atoms with Crippen molar-refractivity contribution in [1.82, 2.24) is 43.1 Å². The van der Waals surface area contributed by atoms with Crippen molar-refractivity contribution in [1.29, 1.82) is 0 Å². The van der Waals surface area contributed by atoms with Crippen molar-refractivity contribution < 1.29 is 85.7 Å². The Hall–Kier alpha value is -7.85. The molecule has 2 atom stereocenters. The maximum absolute atomic E-state index is 14.5. The summed E-state index contributed by atoms with van der Waals surface area (Å²) in [4.78, 5) is 75.9. The highest BCUT2D eigenvalue weighted by molar-refractivity contribution is 6.32. The molecule has 0 radical (unpaired) electrons. The summed E-state index contributed by atoms with van der Waals surface area (Å²) >= 11 is 6.22. The number of Topliss-reactive ketones (excluding diaryl/α,β-unsaturated/α-hetero) is 2. The molecular formula is C75H95ClF9N9O9. The van der Waals surface area contributed by atoms with Crippen LogP contribution in [-0.4, -0.2) is 190 Å². The van der Waals surface area contributed by atoms with E-state index in [1.165, 1.54) is 55.5 Å². The van der Waals surface area contributed by atoms with Gasteiger partial charge in [-0.3, -0.25) is 38.7 Å². The van der Waals surface area contributed by atoms with Gasteiger partial charge in [-0.15, -0.1) is 0 Å². The Morgan fingerprint density at radius 1 is 0.573 bits per heavy atom. The first-order valence-electron chi connectivity index (χ1n) is 34.7. The number of carbonyl (C=O) groups is 5. The maximum Gasteiger partial charge on any atom is 0.459 e. The average Bonchev–Trinajstić information content (AvgIpc) is 1.66. The summed E-state index contributed by atoms with van der Waals surface area (Å²) in [6, 6.07) is 23.2. The number of hydrogen-bond acceptors (Lipinski definition) is 12. The lowest BCUT2D eigenvalue weighted by atomic mass is 9.80. The van der Waals surface area contributed by atoms with Crippen LogP contribution < -0.4 is 14.2 Å². The predicted molar refractivity (Wildman–Crippen MR) is 373 cm³/mol. The Bertz CT molecular complexity index is 4150. The van der Waals surface area contributed by atoms with Gasteiger partial charge >= 0.3 is 18.3 Å². The van der Waals surface area contributed by atoms with E-state index in [2.05, 4.69) is 27.5 Å². The van der Waals surface area contributed by atoms with Crippen molar-refractivity contribution in [3.8, 4) is 17.2 Å². The minimum Gasteiger partial charge on any atom is -0.495 e. The number of amides is 3. The van der Waals surface area contributed by atoms with E-state index in [-0.39, 0.29) is 79.9 Å². The van der Waals surface area contributed by atoms with Gasteiger partial charge < -0.3 is 47.7 Å². The summed E-state index contributed by atoms with van der Waals surface area (Å²) < 4.78 is 143. The number of piperidine rings is 3. The Morgan fingerprint density at radius 2 is 1.02 bits per heavy atom. The number of rotatable bonds is 13. The molecule has 6 aliphatic rings. The quantitative estimate of drug-likeness (QED) is 0.0860. The molecule has 6 aromatic rings. The third-order valence-electron chi connectivity index (χ3n) is 22.1. The molecule has 9 heterocycles. The number of methoxy groups -OCH3 is 2. The Labute approximate surface area is 602 Å². The van der Waals surface area contributed by atoms with Crippen LogP contribution in [0.3, 0.4) is 0 Å². The Kier molecular flexibility index (Phi) is 22.3. The molecule has 564 valence electrons. The minimum atomic E-state index is -5.68. The third-order valence-corrected chi connectivity index (χ3v) is 22.4. The molecule has 0 bridgehead atoms. The van der Waals surface area contributed by atoms with Crippen molar-refractivity contribution in [3.63, 3.8) is 0 Å². The zero-order chi connectivity index (χ0) is 75.4. The largest absolute Gasteiger partial charge is 0.495 e. The molecule has 1 N–H and O–H groups in total. The topological polar surface area (TPSA) is 168 Å². The van der Waals surface area contributed by atoms with E-state index in [9.17, 15) is 68.6 Å². The maximum atomic E-state index is 14.5. The van der Waals surface area contributed by atoms with Crippen molar-refractivity contribution in [2.45, 2.75) is 166 Å². The molecule has 3 saturated heterocycles. The standard InChI is InChI=1S/C26H32F5N3O3.C25H29F4N3O3.C24H30ClN3O3.2H2/c1-5-17(2)37-19-7-6-18(16-20(19)36-4)23(35)33-12-10-24(11-13-33)21-8-9-22(25(27,28)26(29,30)31)34(21)15-14-32(24)3;1-15-14-32-19(21(33)25(27,28)29)7-8-20(32)24(30(15)4)9-11-31(12-10-24)22(34)16-5-6-17(18(26)13-16)23(2,3)35;1-16(2)22(29)19-6-8-21-24(26(3)13-14-28(19)21)9-11-27(12-10-24)23(30)17-5-7-20(31-4)18(25)15-17;;/h6-9,16-17H,5,10-15H2,1-4H3;5-8,13,15,35H,9-12,14H2,1-4H3;5-8,15-16H,9-14H2,1-4H3;2*1H/t17-;15-;;;/m10.../s1. The van der Waals surface area contributed by atoms with E-state index in [1.54, 1.807) is 59.4 Å². The molecule has 0 saturated carbocycles. The highest BCUT2D eigenvalue weighted by Crippen LogP contribution is 2.50. The third kappa shape index (κ3) is 14.7. The van der Waals surface area contributed by atoms with Crippen LogP contribution in [-0.2, 0) is 47.8 Å². The summed E-state index contributed by atoms with van der Waals surface area (Å²) in [7, 11) is 8.97. The Balaban J connectivity index is 0.000000198. The van der Waals surface area contributed by atoms with E-state index in [0.29, 0.717) is 116 Å². The van der Waals surface area contributed by atoms with Crippen molar-refractivity contribution in [2.75, 3.05) is 87.7 Å². The molecule has 3 spiro atoms. The van der Waals surface area contributed by atoms with Gasteiger partial charge in [-0.25, -0.2) is 4.39 Å². The summed E-state index contributed by atoms with van der Waals surface area (Å²) in [5.41, 5.74) is 0.0359. The monoisotopic (exact) mass is 1470 g/mol. The molecule has 3 amide bonds. The minimum absolute atomic E-state index is 0. The van der Waals surface area contributed by atoms with E-state index < -0.39 is 52.2 Å². The number of carbonyl (C=O) groups excluding carboxylic acids is 5. The summed E-state index contributed by atoms with van der Waals surface area (Å²) in [6.45, 7) is 17.6. The predicted octanol–water partition coefficient (Wildman–Crippen LogP) is 14.0. The van der Waals surface area contributed by atoms with E-state index in [0.717, 1.165) is 54.7 Å². The number of aliphatic hydroxyl groups is 1. The SMILES string of the molecule is CC[C@@H](C)Oc1ccc(C(=O)N2CCC3(CC2)c2ccc(C(F)(F)C(F)(F)F)n2CCN3C)cc1OC.COc1ccc(C(=O)N2CCC3(CC2)c2ccc(C(=O)C(C)C)n2CCN3C)cc1Cl.C[C@H]1Cn2c(C(=O)C(F)(F)F)ccc2C2(CCN(C(=O)c3ccc(C(C)(C)O)c(F)c3)CC2)N1C.[HH].[HH]. The van der Waals surface area contributed by atoms with Crippen LogP contribution in [0.15, 0.2) is 91.0 Å². The van der Waals surface area contributed by atoms with Gasteiger partial charge in [0.15, 0.2) is 17.3 Å².